The van der Waals surface area contributed by atoms with E-state index in [1.165, 1.54) is 30.5 Å². The van der Waals surface area contributed by atoms with Crippen LogP contribution in [-0.4, -0.2) is 19.5 Å². The first-order valence-electron chi connectivity index (χ1n) is 8.19. The molecule has 0 aliphatic heterocycles. The zero-order valence-electron chi connectivity index (χ0n) is 15.1. The molecule has 158 valence electrons. The van der Waals surface area contributed by atoms with Crippen molar-refractivity contribution in [2.24, 2.45) is 0 Å². The van der Waals surface area contributed by atoms with Crippen LogP contribution in [0, 0.1) is 12.7 Å². The molecular formula is C18H13F4N3O4S. The Morgan fingerprint density at radius 2 is 1.70 bits per heavy atom. The van der Waals surface area contributed by atoms with Gasteiger partial charge in [0.15, 0.2) is 0 Å². The second kappa shape index (κ2) is 7.78. The van der Waals surface area contributed by atoms with Crippen LogP contribution in [0.2, 0.25) is 0 Å². The Morgan fingerprint density at radius 3 is 2.27 bits per heavy atom. The third-order valence-corrected chi connectivity index (χ3v) is 5.32. The van der Waals surface area contributed by atoms with Crippen LogP contribution in [0.5, 0.6) is 0 Å². The van der Waals surface area contributed by atoms with E-state index < -0.39 is 38.4 Å². The number of carbonyl (C=O) groups is 1. The quantitative estimate of drug-likeness (QED) is 0.576. The van der Waals surface area contributed by atoms with Crippen LogP contribution < -0.4 is 10.0 Å². The summed E-state index contributed by atoms with van der Waals surface area (Å²) in [6.45, 7) is 1.56. The molecule has 0 aliphatic rings. The summed E-state index contributed by atoms with van der Waals surface area (Å²) in [5, 5.41) is 6.04. The van der Waals surface area contributed by atoms with Gasteiger partial charge in [-0.1, -0.05) is 5.16 Å². The van der Waals surface area contributed by atoms with Gasteiger partial charge in [-0.05, 0) is 49.4 Å². The average molecular weight is 443 g/mol. The van der Waals surface area contributed by atoms with Gasteiger partial charge < -0.3 is 9.84 Å². The smallest absolute Gasteiger partial charge is 0.361 e. The number of aromatic nitrogens is 1. The molecule has 2 aromatic carbocycles. The van der Waals surface area contributed by atoms with Gasteiger partial charge in [0.2, 0.25) is 0 Å². The Balaban J connectivity index is 1.76. The molecular weight excluding hydrogens is 430 g/mol. The lowest BCUT2D eigenvalue weighted by molar-refractivity contribution is -0.140. The Morgan fingerprint density at radius 1 is 1.07 bits per heavy atom. The van der Waals surface area contributed by atoms with E-state index in [1.54, 1.807) is 6.92 Å². The van der Waals surface area contributed by atoms with E-state index in [9.17, 15) is 30.8 Å². The fraction of sp³-hybridized carbons (Fsp3) is 0.111. The molecule has 2 N–H and O–H groups in total. The fourth-order valence-corrected chi connectivity index (χ4v) is 3.52. The second-order valence-electron chi connectivity index (χ2n) is 6.07. The third kappa shape index (κ3) is 4.59. The summed E-state index contributed by atoms with van der Waals surface area (Å²) < 4.78 is 83.4. The van der Waals surface area contributed by atoms with E-state index in [-0.39, 0.29) is 17.3 Å². The minimum atomic E-state index is -5.04. The maximum Gasteiger partial charge on any atom is 0.419 e. The van der Waals surface area contributed by atoms with Crippen molar-refractivity contribution in [3.8, 4) is 0 Å². The van der Waals surface area contributed by atoms with Crippen molar-refractivity contribution in [3.05, 3.63) is 71.4 Å². The second-order valence-corrected chi connectivity index (χ2v) is 7.75. The maximum atomic E-state index is 13.4. The molecule has 0 saturated heterocycles. The number of carbonyl (C=O) groups excluding carboxylic acids is 1. The number of nitrogens with zero attached hydrogens (tertiary/aromatic N) is 1. The van der Waals surface area contributed by atoms with Gasteiger partial charge in [0.25, 0.3) is 15.9 Å². The SMILES string of the molecule is Cc1oncc1C(=O)Nc1ccc(NS(=O)(=O)c2ccc(F)c(C(F)(F)F)c2)cc1. The number of amides is 1. The Hall–Kier alpha value is -3.41. The molecule has 0 spiro atoms. The maximum absolute atomic E-state index is 13.4. The van der Waals surface area contributed by atoms with Gasteiger partial charge in [0.1, 0.15) is 17.1 Å². The minimum absolute atomic E-state index is 0.0204. The van der Waals surface area contributed by atoms with Crippen molar-refractivity contribution in [2.45, 2.75) is 18.0 Å². The number of nitrogens with one attached hydrogen (secondary N) is 2. The molecule has 12 heteroatoms. The van der Waals surface area contributed by atoms with Crippen LogP contribution in [0.3, 0.4) is 0 Å². The van der Waals surface area contributed by atoms with E-state index in [0.29, 0.717) is 17.5 Å². The minimum Gasteiger partial charge on any atom is -0.361 e. The molecule has 1 amide bonds. The van der Waals surface area contributed by atoms with Gasteiger partial charge in [-0.25, -0.2) is 12.8 Å². The van der Waals surface area contributed by atoms with Crippen molar-refractivity contribution in [2.75, 3.05) is 10.0 Å². The monoisotopic (exact) mass is 443 g/mol. The van der Waals surface area contributed by atoms with Gasteiger partial charge in [-0.3, -0.25) is 9.52 Å². The first-order chi connectivity index (χ1) is 14.0. The largest absolute Gasteiger partial charge is 0.419 e. The van der Waals surface area contributed by atoms with Crippen molar-refractivity contribution in [1.82, 2.24) is 5.16 Å². The lowest BCUT2D eigenvalue weighted by Gasteiger charge is -2.12. The van der Waals surface area contributed by atoms with Crippen LogP contribution in [0.4, 0.5) is 28.9 Å². The molecule has 0 bridgehead atoms. The third-order valence-electron chi connectivity index (χ3n) is 3.94. The number of aryl methyl sites for hydroxylation is 1. The Bertz CT molecular complexity index is 1190. The van der Waals surface area contributed by atoms with E-state index in [1.807, 2.05) is 0 Å². The normalized spacial score (nSPS) is 11.9. The van der Waals surface area contributed by atoms with E-state index in [2.05, 4.69) is 15.2 Å². The number of anilines is 2. The van der Waals surface area contributed by atoms with Crippen molar-refractivity contribution in [1.29, 1.82) is 0 Å². The van der Waals surface area contributed by atoms with E-state index >= 15 is 0 Å². The Kier molecular flexibility index (Phi) is 5.53. The van der Waals surface area contributed by atoms with Crippen LogP contribution in [0.1, 0.15) is 21.7 Å². The highest BCUT2D eigenvalue weighted by atomic mass is 32.2. The highest BCUT2D eigenvalue weighted by Crippen LogP contribution is 2.33. The molecule has 1 heterocycles. The van der Waals surface area contributed by atoms with Crippen LogP contribution >= 0.6 is 0 Å². The first-order valence-corrected chi connectivity index (χ1v) is 9.68. The van der Waals surface area contributed by atoms with Crippen LogP contribution in [0.25, 0.3) is 0 Å². The molecule has 7 nitrogen and oxygen atoms in total. The molecule has 3 aromatic rings. The molecule has 0 aliphatic carbocycles. The lowest BCUT2D eigenvalue weighted by Crippen LogP contribution is -2.16. The molecule has 1 aromatic heterocycles. The van der Waals surface area contributed by atoms with Gasteiger partial charge in [0.05, 0.1) is 16.7 Å². The van der Waals surface area contributed by atoms with Crippen molar-refractivity contribution < 1.29 is 35.3 Å². The standard InChI is InChI=1S/C18H13F4N3O4S/c1-10-14(9-23-29-10)17(26)24-11-2-4-12(5-3-11)25-30(27,28)13-6-7-16(19)15(8-13)18(20,21)22/h2-9,25H,1H3,(H,24,26). The fourth-order valence-electron chi connectivity index (χ4n) is 2.44. The van der Waals surface area contributed by atoms with Gasteiger partial charge >= 0.3 is 6.18 Å². The first kappa shape index (κ1) is 21.3. The molecule has 0 atom stereocenters. The number of hydrogen-bond acceptors (Lipinski definition) is 5. The molecule has 0 radical (unpaired) electrons. The molecule has 3 rings (SSSR count). The summed E-state index contributed by atoms with van der Waals surface area (Å²) >= 11 is 0. The highest BCUT2D eigenvalue weighted by Gasteiger charge is 2.35. The zero-order valence-corrected chi connectivity index (χ0v) is 15.9. The predicted molar refractivity (Wildman–Crippen MR) is 97.8 cm³/mol. The number of halogens is 4. The van der Waals surface area contributed by atoms with Crippen molar-refractivity contribution in [3.63, 3.8) is 0 Å². The number of sulfonamides is 1. The average Bonchev–Trinajstić information content (AvgIpc) is 3.08. The summed E-state index contributed by atoms with van der Waals surface area (Å²) in [6, 6.07) is 6.72. The highest BCUT2D eigenvalue weighted by molar-refractivity contribution is 7.92. The van der Waals surface area contributed by atoms with Crippen LogP contribution in [-0.2, 0) is 16.2 Å². The molecule has 0 fully saturated rings. The van der Waals surface area contributed by atoms with E-state index in [0.717, 1.165) is 6.07 Å². The van der Waals surface area contributed by atoms with Crippen molar-refractivity contribution >= 4 is 27.3 Å². The summed E-state index contributed by atoms with van der Waals surface area (Å²) in [6.07, 6.45) is -3.80. The number of benzene rings is 2. The lowest BCUT2D eigenvalue weighted by atomic mass is 10.2. The van der Waals surface area contributed by atoms with Crippen LogP contribution in [0.15, 0.2) is 58.1 Å². The van der Waals surface area contributed by atoms with E-state index in [4.69, 9.17) is 4.52 Å². The predicted octanol–water partition coefficient (Wildman–Crippen LogP) is 4.19. The number of rotatable bonds is 5. The van der Waals surface area contributed by atoms with Gasteiger partial charge in [0, 0.05) is 11.4 Å². The number of alkyl halides is 3. The van der Waals surface area contributed by atoms with Gasteiger partial charge in [-0.2, -0.15) is 13.2 Å². The van der Waals surface area contributed by atoms with Gasteiger partial charge in [-0.15, -0.1) is 0 Å². The Labute approximate surface area is 167 Å². The number of hydrogen-bond donors (Lipinski definition) is 2. The zero-order chi connectivity index (χ0) is 22.1. The topological polar surface area (TPSA) is 101 Å². The molecule has 0 unspecified atom stereocenters. The summed E-state index contributed by atoms with van der Waals surface area (Å²) in [5.41, 5.74) is -1.12. The molecule has 30 heavy (non-hydrogen) atoms. The summed E-state index contributed by atoms with van der Waals surface area (Å²) in [5.74, 6) is -1.76. The summed E-state index contributed by atoms with van der Waals surface area (Å²) in [4.78, 5) is 11.3. The summed E-state index contributed by atoms with van der Waals surface area (Å²) in [7, 11) is -4.41. The molecule has 0 saturated carbocycles.